The van der Waals surface area contributed by atoms with Crippen LogP contribution in [0.25, 0.3) is 0 Å². The number of benzene rings is 1. The molecule has 1 fully saturated rings. The highest BCUT2D eigenvalue weighted by molar-refractivity contribution is 7.91. The molecule has 2 nitrogen and oxygen atoms in total. The summed E-state index contributed by atoms with van der Waals surface area (Å²) in [4.78, 5) is 0. The summed E-state index contributed by atoms with van der Waals surface area (Å²) in [5, 5.41) is -0.188. The molecule has 1 heterocycles. The number of halogens is 1. The van der Waals surface area contributed by atoms with Gasteiger partial charge in [-0.2, -0.15) is 0 Å². The predicted molar refractivity (Wildman–Crippen MR) is 71.3 cm³/mol. The fraction of sp³-hybridized carbons (Fsp3) is 0.538. The summed E-state index contributed by atoms with van der Waals surface area (Å²) < 4.78 is 22.9. The molecule has 2 unspecified atom stereocenters. The number of hydrogen-bond acceptors (Lipinski definition) is 2. The van der Waals surface area contributed by atoms with Crippen molar-refractivity contribution in [2.24, 2.45) is 5.92 Å². The van der Waals surface area contributed by atoms with E-state index in [2.05, 4.69) is 13.0 Å². The molecule has 0 aromatic heterocycles. The van der Waals surface area contributed by atoms with Crippen LogP contribution >= 0.6 is 11.6 Å². The summed E-state index contributed by atoms with van der Waals surface area (Å²) in [6.07, 6.45) is 0.684. The second kappa shape index (κ2) is 4.62. The van der Waals surface area contributed by atoms with Gasteiger partial charge in [-0.3, -0.25) is 0 Å². The lowest BCUT2D eigenvalue weighted by molar-refractivity contribution is 0.568. The summed E-state index contributed by atoms with van der Waals surface area (Å²) in [5.74, 6) is 0.573. The summed E-state index contributed by atoms with van der Waals surface area (Å²) >= 11 is 6.40. The third-order valence-electron chi connectivity index (χ3n) is 3.53. The first-order valence-corrected chi connectivity index (χ1v) is 8.06. The van der Waals surface area contributed by atoms with Crippen molar-refractivity contribution >= 4 is 21.4 Å². The molecule has 94 valence electrons. The van der Waals surface area contributed by atoms with Gasteiger partial charge in [0.25, 0.3) is 0 Å². The van der Waals surface area contributed by atoms with Crippen molar-refractivity contribution in [3.8, 4) is 0 Å². The molecule has 0 spiro atoms. The van der Waals surface area contributed by atoms with Gasteiger partial charge < -0.3 is 0 Å². The minimum Gasteiger partial charge on any atom is -0.229 e. The average molecular weight is 273 g/mol. The zero-order valence-electron chi connectivity index (χ0n) is 10.1. The lowest BCUT2D eigenvalue weighted by Crippen LogP contribution is -2.10. The lowest BCUT2D eigenvalue weighted by atomic mass is 9.96. The second-order valence-corrected chi connectivity index (χ2v) is 7.61. The van der Waals surface area contributed by atoms with Gasteiger partial charge in [-0.05, 0) is 42.9 Å². The molecule has 0 radical (unpaired) electrons. The third kappa shape index (κ3) is 2.83. The molecular weight excluding hydrogens is 256 g/mol. The molecule has 1 aromatic rings. The molecule has 4 heteroatoms. The Morgan fingerprint density at radius 1 is 1.29 bits per heavy atom. The maximum atomic E-state index is 11.4. The molecule has 2 atom stereocenters. The van der Waals surface area contributed by atoms with Crippen molar-refractivity contribution < 1.29 is 8.42 Å². The molecule has 0 N–H and O–H groups in total. The Bertz CT molecular complexity index is 522. The third-order valence-corrected chi connectivity index (χ3v) is 5.93. The van der Waals surface area contributed by atoms with Gasteiger partial charge in [-0.15, -0.1) is 11.6 Å². The predicted octanol–water partition coefficient (Wildman–Crippen LogP) is 3.02. The highest BCUT2D eigenvalue weighted by Gasteiger charge is 2.33. The lowest BCUT2D eigenvalue weighted by Gasteiger charge is -2.17. The standard InChI is InChI=1S/C13H17ClO2S/c1-9-3-4-11(7-10(9)2)13(14)12-5-6-17(15,16)8-12/h3-4,7,12-13H,5-6,8H2,1-2H3. The quantitative estimate of drug-likeness (QED) is 0.776. The number of hydrogen-bond donors (Lipinski definition) is 0. The van der Waals surface area contributed by atoms with Crippen molar-refractivity contribution in [1.82, 2.24) is 0 Å². The molecule has 0 amide bonds. The van der Waals surface area contributed by atoms with Gasteiger partial charge in [0.05, 0.1) is 16.9 Å². The maximum absolute atomic E-state index is 11.4. The fourth-order valence-corrected chi connectivity index (χ4v) is 4.56. The highest BCUT2D eigenvalue weighted by Crippen LogP contribution is 2.36. The molecular formula is C13H17ClO2S. The van der Waals surface area contributed by atoms with E-state index >= 15 is 0 Å². The topological polar surface area (TPSA) is 34.1 Å². The summed E-state index contributed by atoms with van der Waals surface area (Å²) in [5.41, 5.74) is 3.47. The average Bonchev–Trinajstić information content (AvgIpc) is 2.62. The summed E-state index contributed by atoms with van der Waals surface area (Å²) in [7, 11) is -2.85. The molecule has 1 aliphatic heterocycles. The van der Waals surface area contributed by atoms with Crippen molar-refractivity contribution in [2.75, 3.05) is 11.5 Å². The van der Waals surface area contributed by atoms with Crippen LogP contribution < -0.4 is 0 Å². The summed E-state index contributed by atoms with van der Waals surface area (Å²) in [6.45, 7) is 4.11. The molecule has 1 aromatic carbocycles. The molecule has 1 saturated heterocycles. The minimum absolute atomic E-state index is 0.0590. The normalized spacial score (nSPS) is 24.8. The number of rotatable bonds is 2. The van der Waals surface area contributed by atoms with Crippen LogP contribution in [0.15, 0.2) is 18.2 Å². The zero-order chi connectivity index (χ0) is 12.6. The molecule has 1 aliphatic rings. The van der Waals surface area contributed by atoms with Crippen LogP contribution in [0.5, 0.6) is 0 Å². The number of sulfone groups is 1. The first-order valence-electron chi connectivity index (χ1n) is 5.81. The van der Waals surface area contributed by atoms with Gasteiger partial charge in [0.2, 0.25) is 0 Å². The van der Waals surface area contributed by atoms with E-state index in [-0.39, 0.29) is 22.8 Å². The van der Waals surface area contributed by atoms with Crippen molar-refractivity contribution in [2.45, 2.75) is 25.6 Å². The van der Waals surface area contributed by atoms with Gasteiger partial charge in [0.15, 0.2) is 9.84 Å². The Labute approximate surface area is 108 Å². The van der Waals surface area contributed by atoms with E-state index in [4.69, 9.17) is 11.6 Å². The van der Waals surface area contributed by atoms with E-state index < -0.39 is 9.84 Å². The van der Waals surface area contributed by atoms with E-state index in [1.54, 1.807) is 0 Å². The van der Waals surface area contributed by atoms with Crippen molar-refractivity contribution in [3.05, 3.63) is 34.9 Å². The van der Waals surface area contributed by atoms with Gasteiger partial charge in [-0.1, -0.05) is 18.2 Å². The van der Waals surface area contributed by atoms with E-state index in [0.717, 1.165) is 5.56 Å². The SMILES string of the molecule is Cc1ccc(C(Cl)C2CCS(=O)(=O)C2)cc1C. The summed E-state index contributed by atoms with van der Waals surface area (Å²) in [6, 6.07) is 6.12. The smallest absolute Gasteiger partial charge is 0.150 e. The first-order chi connectivity index (χ1) is 7.89. The Morgan fingerprint density at radius 3 is 2.53 bits per heavy atom. The number of alkyl halides is 1. The highest BCUT2D eigenvalue weighted by atomic mass is 35.5. The molecule has 0 saturated carbocycles. The Kier molecular flexibility index (Phi) is 3.50. The van der Waals surface area contributed by atoms with Crippen molar-refractivity contribution in [3.63, 3.8) is 0 Å². The molecule has 0 aliphatic carbocycles. The van der Waals surface area contributed by atoms with Crippen molar-refractivity contribution in [1.29, 1.82) is 0 Å². The van der Waals surface area contributed by atoms with Crippen LogP contribution in [-0.2, 0) is 9.84 Å². The zero-order valence-corrected chi connectivity index (χ0v) is 11.7. The van der Waals surface area contributed by atoms with Crippen LogP contribution in [0, 0.1) is 19.8 Å². The fourth-order valence-electron chi connectivity index (χ4n) is 2.26. The molecule has 0 bridgehead atoms. The van der Waals surface area contributed by atoms with E-state index in [1.165, 1.54) is 11.1 Å². The van der Waals surface area contributed by atoms with Gasteiger partial charge in [-0.25, -0.2) is 8.42 Å². The van der Waals surface area contributed by atoms with Gasteiger partial charge in [0, 0.05) is 0 Å². The molecule has 17 heavy (non-hydrogen) atoms. The Balaban J connectivity index is 2.20. The van der Waals surface area contributed by atoms with E-state index in [9.17, 15) is 8.42 Å². The Morgan fingerprint density at radius 2 is 2.00 bits per heavy atom. The van der Waals surface area contributed by atoms with Crippen LogP contribution in [0.4, 0.5) is 0 Å². The van der Waals surface area contributed by atoms with Gasteiger partial charge in [0.1, 0.15) is 0 Å². The monoisotopic (exact) mass is 272 g/mol. The Hall–Kier alpha value is -0.540. The molecule has 2 rings (SSSR count). The van der Waals surface area contributed by atoms with Crippen LogP contribution in [0.3, 0.4) is 0 Å². The van der Waals surface area contributed by atoms with E-state index in [1.807, 2.05) is 19.1 Å². The maximum Gasteiger partial charge on any atom is 0.150 e. The largest absolute Gasteiger partial charge is 0.229 e. The van der Waals surface area contributed by atoms with Crippen LogP contribution in [-0.4, -0.2) is 19.9 Å². The minimum atomic E-state index is -2.85. The first kappa shape index (κ1) is 12.9. The van der Waals surface area contributed by atoms with Gasteiger partial charge >= 0.3 is 0 Å². The van der Waals surface area contributed by atoms with Crippen LogP contribution in [0.2, 0.25) is 0 Å². The van der Waals surface area contributed by atoms with Crippen LogP contribution in [0.1, 0.15) is 28.5 Å². The van der Waals surface area contributed by atoms with E-state index in [0.29, 0.717) is 6.42 Å². The number of aryl methyl sites for hydroxylation is 2. The second-order valence-electron chi connectivity index (χ2n) is 4.91.